The first kappa shape index (κ1) is 18.6. The van der Waals surface area contributed by atoms with E-state index in [1.54, 1.807) is 6.07 Å². The van der Waals surface area contributed by atoms with Crippen LogP contribution in [0, 0.1) is 23.0 Å². The molecule has 4 rings (SSSR count). The van der Waals surface area contributed by atoms with Crippen LogP contribution in [0.4, 0.5) is 14.6 Å². The summed E-state index contributed by atoms with van der Waals surface area (Å²) in [6, 6.07) is 3.75. The van der Waals surface area contributed by atoms with E-state index in [1.807, 2.05) is 4.90 Å². The molecule has 0 amide bonds. The van der Waals surface area contributed by atoms with Crippen molar-refractivity contribution in [3.63, 3.8) is 0 Å². The van der Waals surface area contributed by atoms with Gasteiger partial charge in [0.05, 0.1) is 22.8 Å². The van der Waals surface area contributed by atoms with Crippen LogP contribution in [0.2, 0.25) is 5.15 Å². The fourth-order valence-electron chi connectivity index (χ4n) is 3.65. The highest BCUT2D eigenvalue weighted by Gasteiger charge is 2.27. The van der Waals surface area contributed by atoms with Crippen molar-refractivity contribution in [1.82, 2.24) is 19.6 Å². The maximum Gasteiger partial charge on any atom is 0.255 e. The first-order chi connectivity index (χ1) is 13.6. The summed E-state index contributed by atoms with van der Waals surface area (Å²) in [5.74, 6) is -1.00. The van der Waals surface area contributed by atoms with E-state index in [9.17, 15) is 8.78 Å². The summed E-state index contributed by atoms with van der Waals surface area (Å²) in [7, 11) is 0. The van der Waals surface area contributed by atoms with E-state index in [0.717, 1.165) is 37.8 Å². The molecule has 9 heteroatoms. The largest absolute Gasteiger partial charge is 0.356 e. The molecule has 0 aliphatic carbocycles. The van der Waals surface area contributed by atoms with Crippen molar-refractivity contribution in [2.45, 2.75) is 32.1 Å². The summed E-state index contributed by atoms with van der Waals surface area (Å²) >= 11 is 6.39. The SMILES string of the molecule is N#Cc1cc(F)c(-c2c(Cl)nc3ncnn3c2N2CCCCCCC2)c(F)c1. The quantitative estimate of drug-likeness (QED) is 0.595. The van der Waals surface area contributed by atoms with Crippen LogP contribution in [0.1, 0.15) is 37.7 Å². The Bertz CT molecular complexity index is 1040. The molecule has 28 heavy (non-hydrogen) atoms. The van der Waals surface area contributed by atoms with Crippen molar-refractivity contribution in [3.8, 4) is 17.2 Å². The second-order valence-corrected chi connectivity index (χ2v) is 7.11. The summed E-state index contributed by atoms with van der Waals surface area (Å²) in [6.07, 6.45) is 6.59. The minimum atomic E-state index is -0.868. The molecule has 3 aromatic rings. The van der Waals surface area contributed by atoms with Gasteiger partial charge in [-0.25, -0.2) is 8.78 Å². The Hall–Kier alpha value is -2.79. The van der Waals surface area contributed by atoms with Gasteiger partial charge in [-0.15, -0.1) is 0 Å². The predicted molar refractivity (Wildman–Crippen MR) is 101 cm³/mol. The van der Waals surface area contributed by atoms with E-state index < -0.39 is 11.6 Å². The molecule has 6 nitrogen and oxygen atoms in total. The maximum atomic E-state index is 14.8. The van der Waals surface area contributed by atoms with Gasteiger partial charge in [0.25, 0.3) is 5.78 Å². The van der Waals surface area contributed by atoms with Crippen LogP contribution in [-0.2, 0) is 0 Å². The van der Waals surface area contributed by atoms with E-state index in [2.05, 4.69) is 15.1 Å². The van der Waals surface area contributed by atoms with Gasteiger partial charge < -0.3 is 4.90 Å². The van der Waals surface area contributed by atoms with E-state index in [0.29, 0.717) is 18.9 Å². The van der Waals surface area contributed by atoms with Crippen molar-refractivity contribution in [1.29, 1.82) is 5.26 Å². The van der Waals surface area contributed by atoms with E-state index in [-0.39, 0.29) is 27.6 Å². The topological polar surface area (TPSA) is 70.1 Å². The van der Waals surface area contributed by atoms with Crippen LogP contribution in [-0.4, -0.2) is 32.7 Å². The smallest absolute Gasteiger partial charge is 0.255 e. The van der Waals surface area contributed by atoms with Crippen LogP contribution in [0.25, 0.3) is 16.9 Å². The van der Waals surface area contributed by atoms with Crippen molar-refractivity contribution >= 4 is 23.2 Å². The van der Waals surface area contributed by atoms with Gasteiger partial charge in [-0.05, 0) is 25.0 Å². The molecule has 1 aromatic carbocycles. The molecular weight excluding hydrogens is 386 g/mol. The highest BCUT2D eigenvalue weighted by atomic mass is 35.5. The Morgan fingerprint density at radius 3 is 2.29 bits per heavy atom. The van der Waals surface area contributed by atoms with Gasteiger partial charge in [0, 0.05) is 13.1 Å². The molecular formula is C19H17ClF2N6. The van der Waals surface area contributed by atoms with Gasteiger partial charge in [0.15, 0.2) is 0 Å². The Kier molecular flexibility index (Phi) is 5.09. The van der Waals surface area contributed by atoms with Crippen LogP contribution in [0.3, 0.4) is 0 Å². The summed E-state index contributed by atoms with van der Waals surface area (Å²) in [6.45, 7) is 1.42. The molecule has 0 saturated carbocycles. The molecule has 144 valence electrons. The van der Waals surface area contributed by atoms with Gasteiger partial charge in [-0.3, -0.25) is 0 Å². The van der Waals surface area contributed by atoms with Crippen molar-refractivity contribution < 1.29 is 8.78 Å². The van der Waals surface area contributed by atoms with Gasteiger partial charge in [-0.2, -0.15) is 24.8 Å². The molecule has 0 unspecified atom stereocenters. The van der Waals surface area contributed by atoms with Gasteiger partial charge in [0.2, 0.25) is 0 Å². The lowest BCUT2D eigenvalue weighted by atomic mass is 10.0. The minimum absolute atomic E-state index is 0.0555. The fraction of sp³-hybridized carbons (Fsp3) is 0.368. The predicted octanol–water partition coefficient (Wildman–Crippen LogP) is 4.37. The highest BCUT2D eigenvalue weighted by molar-refractivity contribution is 6.33. The average Bonchev–Trinajstić information content (AvgIpc) is 3.09. The Morgan fingerprint density at radius 2 is 1.64 bits per heavy atom. The monoisotopic (exact) mass is 402 g/mol. The van der Waals surface area contributed by atoms with Crippen LogP contribution in [0.5, 0.6) is 0 Å². The third kappa shape index (κ3) is 3.27. The van der Waals surface area contributed by atoms with Crippen molar-refractivity contribution in [2.24, 2.45) is 0 Å². The molecule has 0 bridgehead atoms. The number of halogens is 3. The Balaban J connectivity index is 1.99. The molecule has 0 N–H and O–H groups in total. The molecule has 1 aliphatic rings. The van der Waals surface area contributed by atoms with Crippen LogP contribution in [0.15, 0.2) is 18.5 Å². The number of anilines is 1. The number of nitriles is 1. The fourth-order valence-corrected chi connectivity index (χ4v) is 3.90. The first-order valence-electron chi connectivity index (χ1n) is 9.14. The molecule has 0 atom stereocenters. The van der Waals surface area contributed by atoms with Gasteiger partial charge >= 0.3 is 0 Å². The van der Waals surface area contributed by atoms with Crippen molar-refractivity contribution in [3.05, 3.63) is 40.8 Å². The first-order valence-corrected chi connectivity index (χ1v) is 9.51. The second-order valence-electron chi connectivity index (χ2n) is 6.75. The van der Waals surface area contributed by atoms with Crippen LogP contribution < -0.4 is 4.90 Å². The standard InChI is InChI=1S/C19H17ClF2N6/c20-17-16(15-13(21)8-12(10-23)9-14(15)22)18(28-19(26-17)24-11-25-28)27-6-4-2-1-3-5-7-27/h8-9,11H,1-7H2. The minimum Gasteiger partial charge on any atom is -0.356 e. The Morgan fingerprint density at radius 1 is 1.00 bits per heavy atom. The lowest BCUT2D eigenvalue weighted by Crippen LogP contribution is -2.30. The van der Waals surface area contributed by atoms with E-state index in [4.69, 9.17) is 16.9 Å². The summed E-state index contributed by atoms with van der Waals surface area (Å²) in [5, 5.41) is 13.1. The summed E-state index contributed by atoms with van der Waals surface area (Å²) < 4.78 is 31.2. The van der Waals surface area contributed by atoms with E-state index in [1.165, 1.54) is 17.3 Å². The number of aromatic nitrogens is 4. The molecule has 1 saturated heterocycles. The molecule has 0 radical (unpaired) electrons. The van der Waals surface area contributed by atoms with Gasteiger partial charge in [-0.1, -0.05) is 30.9 Å². The third-order valence-electron chi connectivity index (χ3n) is 4.94. The molecule has 3 heterocycles. The van der Waals surface area contributed by atoms with Gasteiger partial charge in [0.1, 0.15) is 28.9 Å². The zero-order chi connectivity index (χ0) is 19.7. The molecule has 1 fully saturated rings. The second kappa shape index (κ2) is 7.68. The summed E-state index contributed by atoms with van der Waals surface area (Å²) in [5.41, 5.74) is -0.289. The highest BCUT2D eigenvalue weighted by Crippen LogP contribution is 2.39. The Labute approximate surface area is 165 Å². The molecule has 0 spiro atoms. The van der Waals surface area contributed by atoms with E-state index >= 15 is 0 Å². The van der Waals surface area contributed by atoms with Crippen molar-refractivity contribution in [2.75, 3.05) is 18.0 Å². The zero-order valence-corrected chi connectivity index (χ0v) is 15.8. The molecule has 2 aromatic heterocycles. The number of nitrogens with zero attached hydrogens (tertiary/aromatic N) is 6. The lowest BCUT2D eigenvalue weighted by molar-refractivity contribution is 0.550. The average molecular weight is 403 g/mol. The third-order valence-corrected chi connectivity index (χ3v) is 5.21. The number of rotatable bonds is 2. The number of benzene rings is 1. The van der Waals surface area contributed by atoms with Crippen LogP contribution >= 0.6 is 11.6 Å². The number of hydrogen-bond acceptors (Lipinski definition) is 5. The molecule has 1 aliphatic heterocycles. The number of fused-ring (bicyclic) bond motifs is 1. The zero-order valence-electron chi connectivity index (χ0n) is 15.0. The lowest BCUT2D eigenvalue weighted by Gasteiger charge is -2.29. The normalized spacial score (nSPS) is 15.3. The summed E-state index contributed by atoms with van der Waals surface area (Å²) in [4.78, 5) is 10.3. The maximum absolute atomic E-state index is 14.8. The number of hydrogen-bond donors (Lipinski definition) is 0.